The summed E-state index contributed by atoms with van der Waals surface area (Å²) < 4.78 is 0. The lowest BCUT2D eigenvalue weighted by Gasteiger charge is -2.10. The zero-order valence-corrected chi connectivity index (χ0v) is 8.52. The Kier molecular flexibility index (Phi) is 3.01. The maximum absolute atomic E-state index is 11.2. The number of carbonyl (C=O) groups excluding carboxylic acids is 2. The van der Waals surface area contributed by atoms with Crippen molar-refractivity contribution in [3.05, 3.63) is 0 Å². The first-order chi connectivity index (χ1) is 6.12. The summed E-state index contributed by atoms with van der Waals surface area (Å²) in [4.78, 5) is 22.3. The minimum absolute atomic E-state index is 0. The van der Waals surface area contributed by atoms with Gasteiger partial charge in [0, 0.05) is 5.92 Å². The highest BCUT2D eigenvalue weighted by Crippen LogP contribution is 2.32. The normalized spacial score (nSPS) is 21.8. The average molecular weight is 220 g/mol. The predicted molar refractivity (Wildman–Crippen MR) is 52.4 cm³/mol. The number of hydrogen-bond acceptors (Lipinski definition) is 3. The van der Waals surface area contributed by atoms with Crippen LogP contribution in [0.25, 0.3) is 0 Å². The van der Waals surface area contributed by atoms with E-state index in [4.69, 9.17) is 5.73 Å². The quantitative estimate of drug-likeness (QED) is 0.546. The maximum atomic E-state index is 11.2. The van der Waals surface area contributed by atoms with Crippen LogP contribution >= 0.6 is 12.4 Å². The van der Waals surface area contributed by atoms with Crippen molar-refractivity contribution in [2.75, 3.05) is 0 Å². The maximum Gasteiger partial charge on any atom is 0.258 e. The van der Waals surface area contributed by atoms with Gasteiger partial charge in [-0.1, -0.05) is 0 Å². The Balaban J connectivity index is 0.000000980. The van der Waals surface area contributed by atoms with Gasteiger partial charge < -0.3 is 5.73 Å². The second kappa shape index (κ2) is 3.74. The van der Waals surface area contributed by atoms with Crippen molar-refractivity contribution >= 4 is 24.2 Å². The van der Waals surface area contributed by atoms with Crippen molar-refractivity contribution in [2.24, 2.45) is 11.7 Å². The molecule has 2 rings (SSSR count). The second-order valence-corrected chi connectivity index (χ2v) is 3.87. The largest absolute Gasteiger partial charge is 0.317 e. The number of nitrogens with one attached hydrogen (secondary N) is 2. The molecule has 2 amide bonds. The molecule has 14 heavy (non-hydrogen) atoms. The van der Waals surface area contributed by atoms with Gasteiger partial charge in [0.2, 0.25) is 5.91 Å². The van der Waals surface area contributed by atoms with E-state index in [0.29, 0.717) is 12.8 Å². The molecule has 0 spiro atoms. The molecular formula is C8H14ClN3O2. The Bertz CT molecular complexity index is 261. The summed E-state index contributed by atoms with van der Waals surface area (Å²) >= 11 is 0. The van der Waals surface area contributed by atoms with Gasteiger partial charge in [0.05, 0.1) is 5.54 Å². The number of nitrogens with two attached hydrogens (primary N) is 1. The van der Waals surface area contributed by atoms with E-state index >= 15 is 0 Å². The summed E-state index contributed by atoms with van der Waals surface area (Å²) in [6, 6.07) is 0. The summed E-state index contributed by atoms with van der Waals surface area (Å²) in [6.45, 7) is 0. The number of hydrazine groups is 1. The molecule has 5 nitrogen and oxygen atoms in total. The topological polar surface area (TPSA) is 84.2 Å². The molecule has 0 heterocycles. The van der Waals surface area contributed by atoms with Crippen molar-refractivity contribution in [2.45, 2.75) is 31.2 Å². The van der Waals surface area contributed by atoms with Crippen molar-refractivity contribution in [1.29, 1.82) is 0 Å². The van der Waals surface area contributed by atoms with Crippen LogP contribution in [0.3, 0.4) is 0 Å². The minimum Gasteiger partial charge on any atom is -0.317 e. The van der Waals surface area contributed by atoms with E-state index in [1.54, 1.807) is 0 Å². The van der Waals surface area contributed by atoms with Gasteiger partial charge in [0.1, 0.15) is 0 Å². The molecule has 2 aliphatic carbocycles. The van der Waals surface area contributed by atoms with Crippen LogP contribution in [-0.4, -0.2) is 17.4 Å². The van der Waals surface area contributed by atoms with E-state index in [1.165, 1.54) is 0 Å². The van der Waals surface area contributed by atoms with Crippen LogP contribution < -0.4 is 16.6 Å². The fourth-order valence-electron chi connectivity index (χ4n) is 1.05. The summed E-state index contributed by atoms with van der Waals surface area (Å²) in [7, 11) is 0. The fourth-order valence-corrected chi connectivity index (χ4v) is 1.05. The first-order valence-electron chi connectivity index (χ1n) is 4.51. The van der Waals surface area contributed by atoms with Gasteiger partial charge in [-0.05, 0) is 25.7 Å². The van der Waals surface area contributed by atoms with Crippen LogP contribution in [0.4, 0.5) is 0 Å². The second-order valence-electron chi connectivity index (χ2n) is 3.87. The molecule has 2 fully saturated rings. The minimum atomic E-state index is -0.711. The number of hydrogen-bond donors (Lipinski definition) is 3. The van der Waals surface area contributed by atoms with Gasteiger partial charge in [-0.2, -0.15) is 0 Å². The molecule has 0 aromatic heterocycles. The van der Waals surface area contributed by atoms with Crippen LogP contribution in [-0.2, 0) is 9.59 Å². The standard InChI is InChI=1S/C8H13N3O2.ClH/c9-8(3-4-8)7(13)11-10-6(12)5-1-2-5;/h5H,1-4,9H2,(H,10,12)(H,11,13);1H. The molecule has 4 N–H and O–H groups in total. The Morgan fingerprint density at radius 2 is 1.79 bits per heavy atom. The number of halogens is 1. The molecule has 80 valence electrons. The smallest absolute Gasteiger partial charge is 0.258 e. The van der Waals surface area contributed by atoms with Crippen LogP contribution in [0, 0.1) is 5.92 Å². The van der Waals surface area contributed by atoms with Gasteiger partial charge >= 0.3 is 0 Å². The molecule has 6 heteroatoms. The average Bonchev–Trinajstić information content (AvgIpc) is 2.91. The van der Waals surface area contributed by atoms with Crippen LogP contribution in [0.5, 0.6) is 0 Å². The Morgan fingerprint density at radius 3 is 2.21 bits per heavy atom. The first kappa shape index (κ1) is 11.3. The van der Waals surface area contributed by atoms with Gasteiger partial charge in [0.25, 0.3) is 5.91 Å². The first-order valence-corrected chi connectivity index (χ1v) is 4.51. The monoisotopic (exact) mass is 219 g/mol. The predicted octanol–water partition coefficient (Wildman–Crippen LogP) is -0.543. The van der Waals surface area contributed by atoms with Crippen LogP contribution in [0.1, 0.15) is 25.7 Å². The Morgan fingerprint density at radius 1 is 1.21 bits per heavy atom. The number of carbonyl (C=O) groups is 2. The third-order valence-electron chi connectivity index (χ3n) is 2.49. The molecule has 0 aromatic carbocycles. The molecule has 0 atom stereocenters. The molecule has 0 aliphatic heterocycles. The van der Waals surface area contributed by atoms with Gasteiger partial charge in [-0.3, -0.25) is 20.4 Å². The third kappa shape index (κ3) is 2.36. The molecule has 2 saturated carbocycles. The summed E-state index contributed by atoms with van der Waals surface area (Å²) in [5.41, 5.74) is 9.61. The van der Waals surface area contributed by atoms with E-state index in [0.717, 1.165) is 12.8 Å². The summed E-state index contributed by atoms with van der Waals surface area (Å²) in [6.07, 6.45) is 3.27. The summed E-state index contributed by atoms with van der Waals surface area (Å²) in [5.74, 6) is -0.271. The lowest BCUT2D eigenvalue weighted by molar-refractivity contribution is -0.130. The molecular weight excluding hydrogens is 206 g/mol. The van der Waals surface area contributed by atoms with Crippen LogP contribution in [0.2, 0.25) is 0 Å². The van der Waals surface area contributed by atoms with Crippen molar-refractivity contribution in [3.8, 4) is 0 Å². The lowest BCUT2D eigenvalue weighted by Crippen LogP contribution is -2.51. The van der Waals surface area contributed by atoms with E-state index in [-0.39, 0.29) is 30.1 Å². The fraction of sp³-hybridized carbons (Fsp3) is 0.750. The molecule has 2 aliphatic rings. The zero-order chi connectivity index (χ0) is 9.47. The third-order valence-corrected chi connectivity index (χ3v) is 2.49. The number of amides is 2. The SMILES string of the molecule is Cl.NC1(C(=O)NNC(=O)C2CC2)CC1. The van der Waals surface area contributed by atoms with Gasteiger partial charge in [-0.15, -0.1) is 12.4 Å². The molecule has 0 saturated heterocycles. The van der Waals surface area contributed by atoms with Crippen molar-refractivity contribution in [1.82, 2.24) is 10.9 Å². The van der Waals surface area contributed by atoms with Crippen LogP contribution in [0.15, 0.2) is 0 Å². The lowest BCUT2D eigenvalue weighted by atomic mass is 10.3. The molecule has 0 bridgehead atoms. The molecule has 0 radical (unpaired) electrons. The highest BCUT2D eigenvalue weighted by molar-refractivity contribution is 5.91. The Hall–Kier alpha value is -0.810. The number of rotatable bonds is 2. The summed E-state index contributed by atoms with van der Waals surface area (Å²) in [5, 5.41) is 0. The van der Waals surface area contributed by atoms with Gasteiger partial charge in [0.15, 0.2) is 0 Å². The van der Waals surface area contributed by atoms with E-state index in [2.05, 4.69) is 10.9 Å². The van der Waals surface area contributed by atoms with E-state index in [9.17, 15) is 9.59 Å². The van der Waals surface area contributed by atoms with E-state index < -0.39 is 5.54 Å². The van der Waals surface area contributed by atoms with Crippen molar-refractivity contribution in [3.63, 3.8) is 0 Å². The van der Waals surface area contributed by atoms with E-state index in [1.807, 2.05) is 0 Å². The highest BCUT2D eigenvalue weighted by Gasteiger charge is 2.46. The van der Waals surface area contributed by atoms with Gasteiger partial charge in [-0.25, -0.2) is 0 Å². The zero-order valence-electron chi connectivity index (χ0n) is 7.71. The van der Waals surface area contributed by atoms with Crippen molar-refractivity contribution < 1.29 is 9.59 Å². The molecule has 0 unspecified atom stereocenters. The highest BCUT2D eigenvalue weighted by atomic mass is 35.5. The Labute approximate surface area is 88.2 Å². The molecule has 0 aromatic rings.